The largest absolute Gasteiger partial charge is 0.338 e. The van der Waals surface area contributed by atoms with Crippen LogP contribution in [0, 0.1) is 0 Å². The Morgan fingerprint density at radius 2 is 2.33 bits per heavy atom. The third kappa shape index (κ3) is 2.40. The molecule has 1 aliphatic heterocycles. The Morgan fingerprint density at radius 3 is 2.93 bits per heavy atom. The van der Waals surface area contributed by atoms with E-state index in [1.165, 1.54) is 12.8 Å². The molecule has 2 rings (SSSR count). The average molecular weight is 208 g/mol. The average Bonchev–Trinajstić information content (AvgIpc) is 2.93. The van der Waals surface area contributed by atoms with Crippen molar-refractivity contribution in [3.05, 3.63) is 12.7 Å². The van der Waals surface area contributed by atoms with Crippen LogP contribution >= 0.6 is 0 Å². The molecule has 0 aromatic heterocycles. The molecule has 1 saturated carbocycles. The molecule has 0 aromatic carbocycles. The van der Waals surface area contributed by atoms with Gasteiger partial charge in [-0.25, -0.2) is 0 Å². The van der Waals surface area contributed by atoms with E-state index in [1.807, 2.05) is 11.0 Å². The van der Waals surface area contributed by atoms with Crippen LogP contribution in [0.2, 0.25) is 0 Å². The van der Waals surface area contributed by atoms with Gasteiger partial charge in [0.1, 0.15) is 0 Å². The van der Waals surface area contributed by atoms with Gasteiger partial charge in [-0.05, 0) is 32.6 Å². The van der Waals surface area contributed by atoms with Crippen LogP contribution in [0.4, 0.5) is 0 Å². The first-order valence-corrected chi connectivity index (χ1v) is 5.90. The number of hydrogen-bond donors (Lipinski definition) is 1. The molecule has 0 aromatic rings. The van der Waals surface area contributed by atoms with Crippen LogP contribution in [0.5, 0.6) is 0 Å². The molecule has 2 aliphatic rings. The van der Waals surface area contributed by atoms with Gasteiger partial charge in [0, 0.05) is 18.6 Å². The highest BCUT2D eigenvalue weighted by molar-refractivity contribution is 5.84. The topological polar surface area (TPSA) is 32.3 Å². The summed E-state index contributed by atoms with van der Waals surface area (Å²) in [5, 5.41) is 3.41. The van der Waals surface area contributed by atoms with E-state index < -0.39 is 0 Å². The SMILES string of the molecule is C=CCC(C)N1CCC(NC2CC2)C1=O. The molecule has 1 aliphatic carbocycles. The Morgan fingerprint density at radius 1 is 1.60 bits per heavy atom. The molecular weight excluding hydrogens is 188 g/mol. The third-order valence-electron chi connectivity index (χ3n) is 3.29. The number of nitrogens with one attached hydrogen (secondary N) is 1. The van der Waals surface area contributed by atoms with Crippen LogP contribution in [0.1, 0.15) is 32.6 Å². The van der Waals surface area contributed by atoms with Crippen molar-refractivity contribution in [2.45, 2.75) is 50.7 Å². The van der Waals surface area contributed by atoms with Crippen LogP contribution in [0.3, 0.4) is 0 Å². The van der Waals surface area contributed by atoms with Gasteiger partial charge in [-0.3, -0.25) is 4.79 Å². The van der Waals surface area contributed by atoms with Crippen LogP contribution in [0.15, 0.2) is 12.7 Å². The van der Waals surface area contributed by atoms with Gasteiger partial charge in [0.15, 0.2) is 0 Å². The van der Waals surface area contributed by atoms with Crippen molar-refractivity contribution in [2.24, 2.45) is 0 Å². The quantitative estimate of drug-likeness (QED) is 0.691. The third-order valence-corrected chi connectivity index (χ3v) is 3.29. The molecule has 1 amide bonds. The number of carbonyl (C=O) groups is 1. The molecule has 2 atom stereocenters. The Bertz CT molecular complexity index is 260. The van der Waals surface area contributed by atoms with Crippen molar-refractivity contribution in [1.82, 2.24) is 10.2 Å². The number of amides is 1. The molecule has 84 valence electrons. The van der Waals surface area contributed by atoms with Gasteiger partial charge in [0.05, 0.1) is 6.04 Å². The summed E-state index contributed by atoms with van der Waals surface area (Å²) >= 11 is 0. The molecule has 1 N–H and O–H groups in total. The number of rotatable bonds is 5. The molecule has 2 unspecified atom stereocenters. The summed E-state index contributed by atoms with van der Waals surface area (Å²) in [5.41, 5.74) is 0. The highest BCUT2D eigenvalue weighted by Crippen LogP contribution is 2.23. The maximum atomic E-state index is 12.0. The van der Waals surface area contributed by atoms with Gasteiger partial charge < -0.3 is 10.2 Å². The molecule has 0 bridgehead atoms. The fraction of sp³-hybridized carbons (Fsp3) is 0.750. The summed E-state index contributed by atoms with van der Waals surface area (Å²) in [6.45, 7) is 6.72. The number of nitrogens with zero attached hydrogens (tertiary/aromatic N) is 1. The van der Waals surface area contributed by atoms with Crippen LogP contribution in [-0.4, -0.2) is 35.5 Å². The maximum Gasteiger partial charge on any atom is 0.240 e. The first kappa shape index (κ1) is 10.7. The second-order valence-corrected chi connectivity index (χ2v) is 4.69. The first-order valence-electron chi connectivity index (χ1n) is 5.90. The minimum Gasteiger partial charge on any atom is -0.338 e. The summed E-state index contributed by atoms with van der Waals surface area (Å²) in [5.74, 6) is 0.288. The smallest absolute Gasteiger partial charge is 0.240 e. The van der Waals surface area contributed by atoms with E-state index in [0.29, 0.717) is 12.1 Å². The lowest BCUT2D eigenvalue weighted by atomic mass is 10.2. The molecule has 0 radical (unpaired) electrons. The van der Waals surface area contributed by atoms with E-state index in [1.54, 1.807) is 0 Å². The molecular formula is C12H20N2O. The molecule has 1 saturated heterocycles. The molecule has 2 fully saturated rings. The summed E-state index contributed by atoms with van der Waals surface area (Å²) < 4.78 is 0. The molecule has 15 heavy (non-hydrogen) atoms. The van der Waals surface area contributed by atoms with Crippen LogP contribution in [-0.2, 0) is 4.79 Å². The van der Waals surface area contributed by atoms with Gasteiger partial charge >= 0.3 is 0 Å². The van der Waals surface area contributed by atoms with Crippen molar-refractivity contribution in [2.75, 3.05) is 6.54 Å². The number of hydrogen-bond acceptors (Lipinski definition) is 2. The maximum absolute atomic E-state index is 12.0. The van der Waals surface area contributed by atoms with E-state index in [9.17, 15) is 4.79 Å². The normalized spacial score (nSPS) is 28.2. The zero-order chi connectivity index (χ0) is 10.8. The zero-order valence-electron chi connectivity index (χ0n) is 9.41. The predicted octanol–water partition coefficient (Wildman–Crippen LogP) is 1.30. The zero-order valence-corrected chi connectivity index (χ0v) is 9.41. The summed E-state index contributed by atoms with van der Waals surface area (Å²) in [6.07, 6.45) is 6.23. The Labute approximate surface area is 91.5 Å². The summed E-state index contributed by atoms with van der Waals surface area (Å²) in [4.78, 5) is 14.0. The van der Waals surface area contributed by atoms with E-state index >= 15 is 0 Å². The lowest BCUT2D eigenvalue weighted by molar-refractivity contribution is -0.131. The molecule has 0 spiro atoms. The van der Waals surface area contributed by atoms with Crippen molar-refractivity contribution in [1.29, 1.82) is 0 Å². The van der Waals surface area contributed by atoms with Gasteiger partial charge in [0.25, 0.3) is 0 Å². The van der Waals surface area contributed by atoms with Crippen LogP contribution < -0.4 is 5.32 Å². The van der Waals surface area contributed by atoms with E-state index in [2.05, 4.69) is 18.8 Å². The number of carbonyl (C=O) groups excluding carboxylic acids is 1. The second kappa shape index (κ2) is 4.35. The van der Waals surface area contributed by atoms with Gasteiger partial charge in [-0.15, -0.1) is 6.58 Å². The van der Waals surface area contributed by atoms with Crippen molar-refractivity contribution < 1.29 is 4.79 Å². The summed E-state index contributed by atoms with van der Waals surface area (Å²) in [6, 6.07) is 1.01. The fourth-order valence-electron chi connectivity index (χ4n) is 2.20. The van der Waals surface area contributed by atoms with E-state index in [-0.39, 0.29) is 11.9 Å². The predicted molar refractivity (Wildman–Crippen MR) is 60.6 cm³/mol. The Kier molecular flexibility index (Phi) is 3.10. The highest BCUT2D eigenvalue weighted by Gasteiger charge is 2.36. The minimum absolute atomic E-state index is 0.0877. The first-order chi connectivity index (χ1) is 7.22. The van der Waals surface area contributed by atoms with Crippen molar-refractivity contribution in [3.63, 3.8) is 0 Å². The fourth-order valence-corrected chi connectivity index (χ4v) is 2.20. The van der Waals surface area contributed by atoms with Gasteiger partial charge in [0.2, 0.25) is 5.91 Å². The van der Waals surface area contributed by atoms with Crippen molar-refractivity contribution in [3.8, 4) is 0 Å². The molecule has 3 nitrogen and oxygen atoms in total. The Balaban J connectivity index is 1.87. The van der Waals surface area contributed by atoms with E-state index in [0.717, 1.165) is 19.4 Å². The second-order valence-electron chi connectivity index (χ2n) is 4.69. The van der Waals surface area contributed by atoms with Gasteiger partial charge in [-0.1, -0.05) is 6.08 Å². The standard InChI is InChI=1S/C12H20N2O/c1-3-4-9(2)14-8-7-11(12(14)15)13-10-5-6-10/h3,9-11,13H,1,4-8H2,2H3. The van der Waals surface area contributed by atoms with E-state index in [4.69, 9.17) is 0 Å². The van der Waals surface area contributed by atoms with Gasteiger partial charge in [-0.2, -0.15) is 0 Å². The highest BCUT2D eigenvalue weighted by atomic mass is 16.2. The summed E-state index contributed by atoms with van der Waals surface area (Å²) in [7, 11) is 0. The molecule has 3 heteroatoms. The van der Waals surface area contributed by atoms with Crippen LogP contribution in [0.25, 0.3) is 0 Å². The lowest BCUT2D eigenvalue weighted by Gasteiger charge is -2.23. The van der Waals surface area contributed by atoms with Crippen molar-refractivity contribution >= 4 is 5.91 Å². The monoisotopic (exact) mass is 208 g/mol. The molecule has 1 heterocycles. The minimum atomic E-state index is 0.0877. The number of likely N-dealkylation sites (tertiary alicyclic amines) is 1. The lowest BCUT2D eigenvalue weighted by Crippen LogP contribution is -2.42. The Hall–Kier alpha value is -0.830.